The topological polar surface area (TPSA) is 42.0 Å². The first-order chi connectivity index (χ1) is 14.4. The van der Waals surface area contributed by atoms with E-state index in [9.17, 15) is 18.0 Å². The minimum Gasteiger partial charge on any atom is -0.354 e. The average molecular weight is 404 g/mol. The van der Waals surface area contributed by atoms with Crippen molar-refractivity contribution in [3.63, 3.8) is 0 Å². The van der Waals surface area contributed by atoms with E-state index in [-0.39, 0.29) is 5.78 Å². The third kappa shape index (κ3) is 2.92. The van der Waals surface area contributed by atoms with E-state index in [1.54, 1.807) is 18.3 Å². The molecular weight excluding hydrogens is 389 g/mol. The number of hydrogen-bond acceptors (Lipinski definition) is 3. The normalized spacial score (nSPS) is 15.8. The summed E-state index contributed by atoms with van der Waals surface area (Å²) in [4.78, 5) is 18.0. The number of aromatic nitrogens is 1. The summed E-state index contributed by atoms with van der Waals surface area (Å²) in [6, 6.07) is 19.5. The van der Waals surface area contributed by atoms with Gasteiger partial charge in [-0.2, -0.15) is 13.2 Å². The summed E-state index contributed by atoms with van der Waals surface area (Å²) < 4.78 is 39.1. The second-order valence-electron chi connectivity index (χ2n) is 7.19. The smallest absolute Gasteiger partial charge is 0.354 e. The maximum Gasteiger partial charge on any atom is 0.416 e. The van der Waals surface area contributed by atoms with Crippen molar-refractivity contribution in [3.05, 3.63) is 101 Å². The molecule has 5 rings (SSSR count). The van der Waals surface area contributed by atoms with Gasteiger partial charge in [0.25, 0.3) is 0 Å². The number of halogens is 3. The van der Waals surface area contributed by atoms with Crippen molar-refractivity contribution in [2.75, 3.05) is 5.32 Å². The van der Waals surface area contributed by atoms with Crippen molar-refractivity contribution in [1.82, 2.24) is 4.98 Å². The van der Waals surface area contributed by atoms with Crippen molar-refractivity contribution < 1.29 is 18.0 Å². The molecule has 3 nitrogen and oxygen atoms in total. The summed E-state index contributed by atoms with van der Waals surface area (Å²) in [5.41, 5.74) is 3.03. The molecule has 4 aromatic rings. The molecule has 1 aromatic heterocycles. The quantitative estimate of drug-likeness (QED) is 0.403. The lowest BCUT2D eigenvalue weighted by Crippen LogP contribution is -2.14. The summed E-state index contributed by atoms with van der Waals surface area (Å²) in [7, 11) is 0. The number of Topliss-reactive ketones (excluding diaryl/α,β-unsaturated/α-hetero) is 1. The van der Waals surface area contributed by atoms with E-state index in [0.717, 1.165) is 28.7 Å². The number of alkyl halides is 3. The third-order valence-electron chi connectivity index (χ3n) is 5.40. The van der Waals surface area contributed by atoms with E-state index in [1.165, 1.54) is 12.1 Å². The number of ketones is 1. The fraction of sp³-hybridized carbons (Fsp3) is 0.0833. The molecule has 0 aliphatic carbocycles. The number of nitrogens with one attached hydrogen (secondary N) is 1. The monoisotopic (exact) mass is 404 g/mol. The molecule has 0 fully saturated rings. The largest absolute Gasteiger partial charge is 0.416 e. The first-order valence-electron chi connectivity index (χ1n) is 9.38. The number of fused-ring (bicyclic) bond motifs is 4. The molecular formula is C24H15F3N2O. The van der Waals surface area contributed by atoms with Crippen molar-refractivity contribution >= 4 is 28.1 Å². The predicted molar refractivity (Wildman–Crippen MR) is 109 cm³/mol. The summed E-state index contributed by atoms with van der Waals surface area (Å²) >= 11 is 0. The number of para-hydroxylation sites is 2. The molecule has 148 valence electrons. The first-order valence-corrected chi connectivity index (χ1v) is 9.38. The highest BCUT2D eigenvalue weighted by atomic mass is 19.4. The van der Waals surface area contributed by atoms with Gasteiger partial charge in [0.05, 0.1) is 22.7 Å². The molecule has 1 aliphatic rings. The zero-order valence-corrected chi connectivity index (χ0v) is 15.6. The van der Waals surface area contributed by atoms with Gasteiger partial charge in [-0.3, -0.25) is 9.78 Å². The Bertz CT molecular complexity index is 1280. The lowest BCUT2D eigenvalue weighted by molar-refractivity contribution is -0.137. The van der Waals surface area contributed by atoms with Gasteiger partial charge in [0.15, 0.2) is 5.78 Å². The van der Waals surface area contributed by atoms with E-state index < -0.39 is 17.7 Å². The van der Waals surface area contributed by atoms with Crippen LogP contribution in [0.1, 0.15) is 33.0 Å². The molecule has 0 spiro atoms. The molecule has 0 bridgehead atoms. The van der Waals surface area contributed by atoms with Gasteiger partial charge in [-0.25, -0.2) is 0 Å². The van der Waals surface area contributed by atoms with E-state index in [2.05, 4.69) is 10.3 Å². The van der Waals surface area contributed by atoms with Crippen molar-refractivity contribution in [3.8, 4) is 0 Å². The van der Waals surface area contributed by atoms with Gasteiger partial charge in [-0.05, 0) is 35.9 Å². The lowest BCUT2D eigenvalue weighted by Gasteiger charge is -2.18. The molecule has 0 saturated carbocycles. The Morgan fingerprint density at radius 1 is 0.867 bits per heavy atom. The molecule has 3 aromatic carbocycles. The van der Waals surface area contributed by atoms with Gasteiger partial charge >= 0.3 is 6.18 Å². The maximum atomic E-state index is 13.5. The van der Waals surface area contributed by atoms with Gasteiger partial charge in [0.1, 0.15) is 0 Å². The summed E-state index contributed by atoms with van der Waals surface area (Å²) in [5.74, 6) is -0.954. The number of hydrogen-bond donors (Lipinski definition) is 1. The number of carbonyl (C=O) groups is 1. The van der Waals surface area contributed by atoms with E-state index >= 15 is 0 Å². The van der Waals surface area contributed by atoms with Gasteiger partial charge < -0.3 is 5.32 Å². The first kappa shape index (κ1) is 18.4. The van der Waals surface area contributed by atoms with Gasteiger partial charge in [-0.1, -0.05) is 42.5 Å². The highest BCUT2D eigenvalue weighted by Gasteiger charge is 2.34. The van der Waals surface area contributed by atoms with Crippen LogP contribution < -0.4 is 5.32 Å². The molecule has 1 unspecified atom stereocenters. The van der Waals surface area contributed by atoms with Gasteiger partial charge in [0.2, 0.25) is 0 Å². The predicted octanol–water partition coefficient (Wildman–Crippen LogP) is 6.33. The molecule has 6 heteroatoms. The zero-order valence-electron chi connectivity index (χ0n) is 15.6. The highest BCUT2D eigenvalue weighted by Crippen LogP contribution is 2.43. The second kappa shape index (κ2) is 6.69. The molecule has 0 saturated heterocycles. The van der Waals surface area contributed by atoms with E-state index in [4.69, 9.17) is 0 Å². The van der Waals surface area contributed by atoms with Gasteiger partial charge in [0, 0.05) is 28.4 Å². The minimum absolute atomic E-state index is 0.186. The number of carbonyl (C=O) groups excluding carboxylic acids is 1. The van der Waals surface area contributed by atoms with Crippen LogP contribution in [-0.4, -0.2) is 10.8 Å². The number of pyridine rings is 1. The van der Waals surface area contributed by atoms with Crippen molar-refractivity contribution in [2.45, 2.75) is 12.1 Å². The van der Waals surface area contributed by atoms with Crippen LogP contribution in [0.3, 0.4) is 0 Å². The zero-order chi connectivity index (χ0) is 20.9. The Kier molecular flexibility index (Phi) is 4.10. The Labute approximate surface area is 170 Å². The lowest BCUT2D eigenvalue weighted by atomic mass is 9.84. The van der Waals surface area contributed by atoms with Crippen molar-refractivity contribution in [2.24, 2.45) is 0 Å². The Morgan fingerprint density at radius 3 is 2.33 bits per heavy atom. The molecule has 2 heterocycles. The Balaban J connectivity index is 1.76. The number of rotatable bonds is 1. The number of nitrogens with zero attached hydrogens (tertiary/aromatic N) is 1. The fourth-order valence-corrected chi connectivity index (χ4v) is 3.95. The SMILES string of the molecule is O=C1c2ccccc2Nc2c(cnc3ccccc23)C1c1ccc(C(F)(F)F)cc1. The van der Waals surface area contributed by atoms with Gasteiger partial charge in [-0.15, -0.1) is 0 Å². The summed E-state index contributed by atoms with van der Waals surface area (Å²) in [6.45, 7) is 0. The Morgan fingerprint density at radius 2 is 1.57 bits per heavy atom. The third-order valence-corrected chi connectivity index (χ3v) is 5.40. The van der Waals surface area contributed by atoms with E-state index in [0.29, 0.717) is 22.4 Å². The summed E-state index contributed by atoms with van der Waals surface area (Å²) in [6.07, 6.45) is -2.80. The maximum absolute atomic E-state index is 13.5. The minimum atomic E-state index is -4.43. The average Bonchev–Trinajstić information content (AvgIpc) is 2.87. The summed E-state index contributed by atoms with van der Waals surface area (Å²) in [5, 5.41) is 4.21. The molecule has 0 radical (unpaired) electrons. The van der Waals surface area contributed by atoms with Crippen LogP contribution in [0.15, 0.2) is 79.0 Å². The molecule has 30 heavy (non-hydrogen) atoms. The number of anilines is 2. The van der Waals surface area contributed by atoms with Crippen LogP contribution in [0.2, 0.25) is 0 Å². The Hall–Kier alpha value is -3.67. The molecule has 0 amide bonds. The van der Waals surface area contributed by atoms with Crippen LogP contribution in [0.4, 0.5) is 24.5 Å². The fourth-order valence-electron chi connectivity index (χ4n) is 3.95. The van der Waals surface area contributed by atoms with Crippen LogP contribution in [0, 0.1) is 0 Å². The van der Waals surface area contributed by atoms with Crippen LogP contribution in [0.25, 0.3) is 10.9 Å². The standard InChI is InChI=1S/C24H15F3N2O/c25-24(26,27)15-11-9-14(10-12-15)21-18-13-28-19-7-3-1-5-16(19)22(18)29-20-8-4-2-6-17(20)23(21)30/h1-13,21,29H. The molecule has 1 atom stereocenters. The highest BCUT2D eigenvalue weighted by molar-refractivity contribution is 6.12. The van der Waals surface area contributed by atoms with Crippen LogP contribution >= 0.6 is 0 Å². The second-order valence-corrected chi connectivity index (χ2v) is 7.19. The van der Waals surface area contributed by atoms with E-state index in [1.807, 2.05) is 36.4 Å². The molecule has 1 N–H and O–H groups in total. The molecule has 1 aliphatic heterocycles. The van der Waals surface area contributed by atoms with Crippen LogP contribution in [0.5, 0.6) is 0 Å². The number of benzene rings is 3. The van der Waals surface area contributed by atoms with Crippen LogP contribution in [-0.2, 0) is 6.18 Å². The van der Waals surface area contributed by atoms with Crippen molar-refractivity contribution in [1.29, 1.82) is 0 Å².